The van der Waals surface area contributed by atoms with Crippen LogP contribution < -0.4 is 5.32 Å². The molecule has 0 spiro atoms. The van der Waals surface area contributed by atoms with Crippen LogP contribution in [0.1, 0.15) is 24.7 Å². The van der Waals surface area contributed by atoms with Crippen molar-refractivity contribution < 1.29 is 9.66 Å². The standard InChI is InChI=1S/C13H21N3O3/c1-4-7-14-12(9-19-3)8-11-5-6-13(16(17)18)10(2)15-11/h5-6,12,14H,4,7-9H2,1-3H3. The van der Waals surface area contributed by atoms with E-state index in [1.54, 1.807) is 20.1 Å². The van der Waals surface area contributed by atoms with Crippen LogP contribution in [-0.2, 0) is 11.2 Å². The average molecular weight is 267 g/mol. The topological polar surface area (TPSA) is 77.3 Å². The molecule has 0 aliphatic rings. The van der Waals surface area contributed by atoms with Gasteiger partial charge in [-0.2, -0.15) is 0 Å². The van der Waals surface area contributed by atoms with Crippen molar-refractivity contribution in [3.05, 3.63) is 33.6 Å². The summed E-state index contributed by atoms with van der Waals surface area (Å²) in [6.45, 7) is 5.27. The van der Waals surface area contributed by atoms with E-state index in [9.17, 15) is 10.1 Å². The third-order valence-corrected chi connectivity index (χ3v) is 2.82. The SMILES string of the molecule is CCCNC(COC)Cc1ccc([N+](=O)[O-])c(C)n1. The van der Waals surface area contributed by atoms with Gasteiger partial charge in [-0.25, -0.2) is 0 Å². The van der Waals surface area contributed by atoms with Crippen molar-refractivity contribution in [2.45, 2.75) is 32.7 Å². The van der Waals surface area contributed by atoms with Gasteiger partial charge in [0.1, 0.15) is 5.69 Å². The Morgan fingerprint density at radius 3 is 2.79 bits per heavy atom. The second-order valence-electron chi connectivity index (χ2n) is 4.47. The van der Waals surface area contributed by atoms with Gasteiger partial charge in [0.05, 0.1) is 11.5 Å². The smallest absolute Gasteiger partial charge is 0.290 e. The Morgan fingerprint density at radius 1 is 1.53 bits per heavy atom. The van der Waals surface area contributed by atoms with Crippen LogP contribution in [0.2, 0.25) is 0 Å². The van der Waals surface area contributed by atoms with E-state index in [0.29, 0.717) is 18.7 Å². The first-order chi connectivity index (χ1) is 9.08. The molecule has 1 aromatic rings. The summed E-state index contributed by atoms with van der Waals surface area (Å²) in [5.41, 5.74) is 1.36. The molecule has 0 fully saturated rings. The highest BCUT2D eigenvalue weighted by atomic mass is 16.6. The fourth-order valence-electron chi connectivity index (χ4n) is 1.90. The van der Waals surface area contributed by atoms with Crippen LogP contribution in [0.3, 0.4) is 0 Å². The number of methoxy groups -OCH3 is 1. The Morgan fingerprint density at radius 2 is 2.26 bits per heavy atom. The highest BCUT2D eigenvalue weighted by molar-refractivity contribution is 5.35. The number of ether oxygens (including phenoxy) is 1. The van der Waals surface area contributed by atoms with Gasteiger partial charge in [0.15, 0.2) is 0 Å². The fourth-order valence-corrected chi connectivity index (χ4v) is 1.90. The number of aryl methyl sites for hydroxylation is 1. The maximum absolute atomic E-state index is 10.7. The summed E-state index contributed by atoms with van der Waals surface area (Å²) in [5.74, 6) is 0. The lowest BCUT2D eigenvalue weighted by molar-refractivity contribution is -0.385. The lowest BCUT2D eigenvalue weighted by Gasteiger charge is -2.17. The van der Waals surface area contributed by atoms with E-state index in [1.807, 2.05) is 0 Å². The second kappa shape index (κ2) is 7.81. The molecule has 0 saturated carbocycles. The van der Waals surface area contributed by atoms with Gasteiger partial charge >= 0.3 is 0 Å². The van der Waals surface area contributed by atoms with Crippen LogP contribution in [0.25, 0.3) is 0 Å². The van der Waals surface area contributed by atoms with E-state index in [1.165, 1.54) is 6.07 Å². The Kier molecular flexibility index (Phi) is 6.38. The molecule has 0 aliphatic heterocycles. The molecule has 0 radical (unpaired) electrons. The lowest BCUT2D eigenvalue weighted by atomic mass is 10.1. The van der Waals surface area contributed by atoms with E-state index < -0.39 is 4.92 Å². The zero-order chi connectivity index (χ0) is 14.3. The van der Waals surface area contributed by atoms with Gasteiger partial charge in [0, 0.05) is 31.3 Å². The van der Waals surface area contributed by atoms with Crippen LogP contribution in [0.5, 0.6) is 0 Å². The molecule has 0 aromatic carbocycles. The number of hydrogen-bond donors (Lipinski definition) is 1. The molecule has 1 rings (SSSR count). The number of rotatable bonds is 8. The highest BCUT2D eigenvalue weighted by Crippen LogP contribution is 2.16. The number of hydrogen-bond acceptors (Lipinski definition) is 5. The van der Waals surface area contributed by atoms with Crippen molar-refractivity contribution in [2.24, 2.45) is 0 Å². The summed E-state index contributed by atoms with van der Waals surface area (Å²) in [6.07, 6.45) is 1.75. The van der Waals surface area contributed by atoms with Gasteiger partial charge in [-0.15, -0.1) is 0 Å². The van der Waals surface area contributed by atoms with Crippen LogP contribution in [0.15, 0.2) is 12.1 Å². The molecule has 106 valence electrons. The summed E-state index contributed by atoms with van der Waals surface area (Å²) in [7, 11) is 1.66. The maximum Gasteiger partial charge on any atom is 0.290 e. The zero-order valence-corrected chi connectivity index (χ0v) is 11.7. The Balaban J connectivity index is 2.73. The van der Waals surface area contributed by atoms with E-state index in [0.717, 1.165) is 18.7 Å². The van der Waals surface area contributed by atoms with E-state index in [4.69, 9.17) is 4.74 Å². The number of nitrogens with zero attached hydrogens (tertiary/aromatic N) is 2. The van der Waals surface area contributed by atoms with Crippen molar-refractivity contribution in [1.29, 1.82) is 0 Å². The molecule has 1 atom stereocenters. The van der Waals surface area contributed by atoms with Crippen molar-refractivity contribution in [2.75, 3.05) is 20.3 Å². The van der Waals surface area contributed by atoms with Gasteiger partial charge in [-0.05, 0) is 26.0 Å². The van der Waals surface area contributed by atoms with Gasteiger partial charge in [0.25, 0.3) is 5.69 Å². The molecule has 19 heavy (non-hydrogen) atoms. The number of aromatic nitrogens is 1. The Hall–Kier alpha value is -1.53. The van der Waals surface area contributed by atoms with Gasteiger partial charge in [0.2, 0.25) is 0 Å². The molecule has 1 N–H and O–H groups in total. The predicted octanol–water partition coefficient (Wildman–Crippen LogP) is 1.86. The number of pyridine rings is 1. The summed E-state index contributed by atoms with van der Waals surface area (Å²) in [5, 5.41) is 14.1. The first-order valence-corrected chi connectivity index (χ1v) is 6.41. The second-order valence-corrected chi connectivity index (χ2v) is 4.47. The first-order valence-electron chi connectivity index (χ1n) is 6.41. The quantitative estimate of drug-likeness (QED) is 0.574. The molecule has 0 bridgehead atoms. The molecular formula is C13H21N3O3. The molecule has 0 amide bonds. The van der Waals surface area contributed by atoms with Gasteiger partial charge in [-0.3, -0.25) is 15.1 Å². The third-order valence-electron chi connectivity index (χ3n) is 2.82. The molecule has 0 aliphatic carbocycles. The molecule has 0 saturated heterocycles. The van der Waals surface area contributed by atoms with Crippen molar-refractivity contribution >= 4 is 5.69 Å². The molecule has 6 nitrogen and oxygen atoms in total. The van der Waals surface area contributed by atoms with E-state index in [-0.39, 0.29) is 11.7 Å². The molecule has 1 aromatic heterocycles. The van der Waals surface area contributed by atoms with Crippen molar-refractivity contribution in [3.63, 3.8) is 0 Å². The maximum atomic E-state index is 10.7. The third kappa shape index (κ3) is 4.92. The predicted molar refractivity (Wildman–Crippen MR) is 73.3 cm³/mol. The number of nitro groups is 1. The van der Waals surface area contributed by atoms with Crippen molar-refractivity contribution in [1.82, 2.24) is 10.3 Å². The normalized spacial score (nSPS) is 12.4. The monoisotopic (exact) mass is 267 g/mol. The summed E-state index contributed by atoms with van der Waals surface area (Å²) in [6, 6.07) is 3.40. The fraction of sp³-hybridized carbons (Fsp3) is 0.615. The highest BCUT2D eigenvalue weighted by Gasteiger charge is 2.14. The molecule has 1 unspecified atom stereocenters. The summed E-state index contributed by atoms with van der Waals surface area (Å²) in [4.78, 5) is 14.6. The van der Waals surface area contributed by atoms with Crippen molar-refractivity contribution in [3.8, 4) is 0 Å². The Labute approximate surface area is 113 Å². The summed E-state index contributed by atoms with van der Waals surface area (Å²) >= 11 is 0. The average Bonchev–Trinajstić information content (AvgIpc) is 2.36. The molecule has 1 heterocycles. The minimum absolute atomic E-state index is 0.0635. The summed E-state index contributed by atoms with van der Waals surface area (Å²) < 4.78 is 5.17. The number of nitrogens with one attached hydrogen (secondary N) is 1. The Bertz CT molecular complexity index is 424. The first kappa shape index (κ1) is 15.5. The van der Waals surface area contributed by atoms with Crippen LogP contribution in [0, 0.1) is 17.0 Å². The van der Waals surface area contributed by atoms with Gasteiger partial charge in [-0.1, -0.05) is 6.92 Å². The minimum atomic E-state index is -0.409. The zero-order valence-electron chi connectivity index (χ0n) is 11.7. The largest absolute Gasteiger partial charge is 0.383 e. The van der Waals surface area contributed by atoms with Gasteiger partial charge < -0.3 is 10.1 Å². The lowest BCUT2D eigenvalue weighted by Crippen LogP contribution is -2.36. The molecule has 6 heteroatoms. The van der Waals surface area contributed by atoms with Crippen LogP contribution in [-0.4, -0.2) is 36.2 Å². The van der Waals surface area contributed by atoms with Crippen LogP contribution >= 0.6 is 0 Å². The minimum Gasteiger partial charge on any atom is -0.383 e. The van der Waals surface area contributed by atoms with E-state index >= 15 is 0 Å². The molecular weight excluding hydrogens is 246 g/mol. The van der Waals surface area contributed by atoms with E-state index in [2.05, 4.69) is 17.2 Å². The van der Waals surface area contributed by atoms with Crippen LogP contribution in [0.4, 0.5) is 5.69 Å².